The Balaban J connectivity index is 1.36. The Hall–Kier alpha value is -2.19. The lowest BCUT2D eigenvalue weighted by Crippen LogP contribution is -2.43. The number of rotatable bonds is 10. The SMILES string of the molecule is CCCCS(=O)(=O)N1CCC(C(=O)NCCCOc2cccc3cccnc23)CC1. The number of amides is 1. The fourth-order valence-corrected chi connectivity index (χ4v) is 5.33. The highest BCUT2D eigenvalue weighted by Crippen LogP contribution is 2.23. The number of hydrogen-bond donors (Lipinski definition) is 1. The summed E-state index contributed by atoms with van der Waals surface area (Å²) in [5, 5.41) is 3.99. The summed E-state index contributed by atoms with van der Waals surface area (Å²) in [4.78, 5) is 16.8. The minimum absolute atomic E-state index is 0.00688. The molecule has 1 amide bonds. The predicted molar refractivity (Wildman–Crippen MR) is 118 cm³/mol. The van der Waals surface area contributed by atoms with Gasteiger partial charge < -0.3 is 10.1 Å². The molecule has 0 saturated carbocycles. The number of pyridine rings is 1. The van der Waals surface area contributed by atoms with E-state index in [9.17, 15) is 13.2 Å². The van der Waals surface area contributed by atoms with E-state index >= 15 is 0 Å². The molecule has 2 heterocycles. The molecule has 1 saturated heterocycles. The Morgan fingerprint density at radius 3 is 2.73 bits per heavy atom. The number of para-hydroxylation sites is 1. The standard InChI is InChI=1S/C22H31N3O4S/c1-2-3-17-30(27,28)25-14-10-19(11-15-25)22(26)24-13-6-16-29-20-9-4-7-18-8-5-12-23-21(18)20/h4-5,7-9,12,19H,2-3,6,10-11,13-17H2,1H3,(H,24,26). The second-order valence-electron chi connectivity index (χ2n) is 7.67. The average Bonchev–Trinajstić information content (AvgIpc) is 2.77. The fraction of sp³-hybridized carbons (Fsp3) is 0.545. The van der Waals surface area contributed by atoms with Crippen LogP contribution in [0, 0.1) is 5.92 Å². The Morgan fingerprint density at radius 1 is 1.20 bits per heavy atom. The van der Waals surface area contributed by atoms with Crippen molar-refractivity contribution in [3.63, 3.8) is 0 Å². The number of sulfonamides is 1. The lowest BCUT2D eigenvalue weighted by molar-refractivity contribution is -0.126. The monoisotopic (exact) mass is 433 g/mol. The maximum absolute atomic E-state index is 12.4. The van der Waals surface area contributed by atoms with Gasteiger partial charge in [-0.15, -0.1) is 0 Å². The molecule has 1 N–H and O–H groups in total. The van der Waals surface area contributed by atoms with E-state index in [2.05, 4.69) is 10.3 Å². The van der Waals surface area contributed by atoms with Gasteiger partial charge in [-0.05, 0) is 37.8 Å². The van der Waals surface area contributed by atoms with Crippen LogP contribution in [0.4, 0.5) is 0 Å². The first-order valence-electron chi connectivity index (χ1n) is 10.7. The summed E-state index contributed by atoms with van der Waals surface area (Å²) in [6, 6.07) is 9.73. The highest BCUT2D eigenvalue weighted by Gasteiger charge is 2.30. The maximum atomic E-state index is 12.4. The number of nitrogens with one attached hydrogen (secondary N) is 1. The highest BCUT2D eigenvalue weighted by atomic mass is 32.2. The molecule has 0 spiro atoms. The molecule has 1 aliphatic heterocycles. The molecule has 2 aromatic rings. The molecule has 0 radical (unpaired) electrons. The molecule has 164 valence electrons. The van der Waals surface area contributed by atoms with Crippen LogP contribution in [-0.2, 0) is 14.8 Å². The summed E-state index contributed by atoms with van der Waals surface area (Å²) in [6.07, 6.45) is 5.14. The molecular weight excluding hydrogens is 402 g/mol. The number of fused-ring (bicyclic) bond motifs is 1. The Labute approximate surface area is 178 Å². The van der Waals surface area contributed by atoms with Crippen molar-refractivity contribution in [3.05, 3.63) is 36.5 Å². The molecule has 0 atom stereocenters. The van der Waals surface area contributed by atoms with Gasteiger partial charge in [0.05, 0.1) is 12.4 Å². The summed E-state index contributed by atoms with van der Waals surface area (Å²) in [5.74, 6) is 0.835. The van der Waals surface area contributed by atoms with Crippen LogP contribution in [0.15, 0.2) is 36.5 Å². The van der Waals surface area contributed by atoms with E-state index in [1.807, 2.05) is 37.3 Å². The molecular formula is C22H31N3O4S. The van der Waals surface area contributed by atoms with E-state index in [0.717, 1.165) is 23.1 Å². The number of hydrogen-bond acceptors (Lipinski definition) is 5. The Morgan fingerprint density at radius 2 is 1.97 bits per heavy atom. The minimum atomic E-state index is -3.18. The van der Waals surface area contributed by atoms with Crippen molar-refractivity contribution >= 4 is 26.8 Å². The molecule has 1 aromatic heterocycles. The maximum Gasteiger partial charge on any atom is 0.223 e. The van der Waals surface area contributed by atoms with Crippen LogP contribution in [0.25, 0.3) is 10.9 Å². The number of carbonyl (C=O) groups excluding carboxylic acids is 1. The summed E-state index contributed by atoms with van der Waals surface area (Å²) < 4.78 is 31.9. The van der Waals surface area contributed by atoms with E-state index in [1.54, 1.807) is 10.5 Å². The molecule has 30 heavy (non-hydrogen) atoms. The number of benzene rings is 1. The van der Waals surface area contributed by atoms with Crippen LogP contribution >= 0.6 is 0 Å². The topological polar surface area (TPSA) is 88.6 Å². The van der Waals surface area contributed by atoms with Crippen molar-refractivity contribution in [2.45, 2.75) is 39.0 Å². The van der Waals surface area contributed by atoms with E-state index < -0.39 is 10.0 Å². The number of ether oxygens (including phenoxy) is 1. The minimum Gasteiger partial charge on any atom is -0.491 e. The smallest absolute Gasteiger partial charge is 0.223 e. The third kappa shape index (κ3) is 5.92. The Bertz CT molecular complexity index is 935. The fourth-order valence-electron chi connectivity index (χ4n) is 3.65. The van der Waals surface area contributed by atoms with Gasteiger partial charge in [0.1, 0.15) is 11.3 Å². The van der Waals surface area contributed by atoms with Gasteiger partial charge in [-0.3, -0.25) is 9.78 Å². The van der Waals surface area contributed by atoms with Crippen molar-refractivity contribution in [1.29, 1.82) is 0 Å². The third-order valence-electron chi connectivity index (χ3n) is 5.45. The van der Waals surface area contributed by atoms with Crippen molar-refractivity contribution in [2.24, 2.45) is 5.92 Å². The zero-order valence-electron chi connectivity index (χ0n) is 17.5. The van der Waals surface area contributed by atoms with Gasteiger partial charge in [-0.25, -0.2) is 12.7 Å². The molecule has 3 rings (SSSR count). The molecule has 1 aliphatic rings. The molecule has 0 bridgehead atoms. The summed E-state index contributed by atoms with van der Waals surface area (Å²) in [7, 11) is -3.18. The second-order valence-corrected chi connectivity index (χ2v) is 9.76. The van der Waals surface area contributed by atoms with Gasteiger partial charge in [0, 0.05) is 37.1 Å². The highest BCUT2D eigenvalue weighted by molar-refractivity contribution is 7.89. The summed E-state index contributed by atoms with van der Waals surface area (Å²) in [6.45, 7) is 3.87. The predicted octanol–water partition coefficient (Wildman–Crippen LogP) is 2.96. The van der Waals surface area contributed by atoms with Gasteiger partial charge in [-0.2, -0.15) is 0 Å². The van der Waals surface area contributed by atoms with E-state index in [0.29, 0.717) is 51.9 Å². The first-order chi connectivity index (χ1) is 14.5. The molecule has 8 heteroatoms. The molecule has 0 aliphatic carbocycles. The van der Waals surface area contributed by atoms with Crippen molar-refractivity contribution in [1.82, 2.24) is 14.6 Å². The summed E-state index contributed by atoms with van der Waals surface area (Å²) in [5.41, 5.74) is 0.838. The van der Waals surface area contributed by atoms with Crippen LogP contribution < -0.4 is 10.1 Å². The van der Waals surface area contributed by atoms with Crippen LogP contribution in [0.5, 0.6) is 5.75 Å². The van der Waals surface area contributed by atoms with Gasteiger partial charge in [0.15, 0.2) is 0 Å². The molecule has 1 aromatic carbocycles. The van der Waals surface area contributed by atoms with Crippen molar-refractivity contribution in [3.8, 4) is 5.75 Å². The van der Waals surface area contributed by atoms with Crippen LogP contribution in [-0.4, -0.2) is 55.6 Å². The van der Waals surface area contributed by atoms with E-state index in [-0.39, 0.29) is 17.6 Å². The molecule has 7 nitrogen and oxygen atoms in total. The van der Waals surface area contributed by atoms with Crippen molar-refractivity contribution in [2.75, 3.05) is 32.0 Å². The second kappa shape index (κ2) is 10.7. The first kappa shape index (κ1) is 22.5. The lowest BCUT2D eigenvalue weighted by Gasteiger charge is -2.30. The average molecular weight is 434 g/mol. The third-order valence-corrected chi connectivity index (χ3v) is 7.40. The number of aromatic nitrogens is 1. The molecule has 0 unspecified atom stereocenters. The number of unbranched alkanes of at least 4 members (excludes halogenated alkanes) is 1. The largest absolute Gasteiger partial charge is 0.491 e. The number of piperidine rings is 1. The normalized spacial score (nSPS) is 15.9. The van der Waals surface area contributed by atoms with Gasteiger partial charge in [-0.1, -0.05) is 31.5 Å². The van der Waals surface area contributed by atoms with Crippen LogP contribution in [0.3, 0.4) is 0 Å². The Kier molecular flexibility index (Phi) is 8.04. The van der Waals surface area contributed by atoms with Crippen molar-refractivity contribution < 1.29 is 17.9 Å². The first-order valence-corrected chi connectivity index (χ1v) is 12.3. The van der Waals surface area contributed by atoms with Crippen LogP contribution in [0.2, 0.25) is 0 Å². The van der Waals surface area contributed by atoms with E-state index in [1.165, 1.54) is 0 Å². The van der Waals surface area contributed by atoms with Crippen LogP contribution in [0.1, 0.15) is 39.0 Å². The zero-order valence-corrected chi connectivity index (χ0v) is 18.4. The quantitative estimate of drug-likeness (QED) is 0.582. The number of carbonyl (C=O) groups is 1. The van der Waals surface area contributed by atoms with Gasteiger partial charge >= 0.3 is 0 Å². The molecule has 1 fully saturated rings. The van der Waals surface area contributed by atoms with E-state index in [4.69, 9.17) is 4.74 Å². The van der Waals surface area contributed by atoms with Gasteiger partial charge in [0.25, 0.3) is 0 Å². The number of nitrogens with zero attached hydrogens (tertiary/aromatic N) is 2. The zero-order chi connectivity index (χ0) is 21.4. The lowest BCUT2D eigenvalue weighted by atomic mass is 9.97. The summed E-state index contributed by atoms with van der Waals surface area (Å²) >= 11 is 0. The van der Waals surface area contributed by atoms with Gasteiger partial charge in [0.2, 0.25) is 15.9 Å².